The topological polar surface area (TPSA) is 80.3 Å². The standard InChI is InChI=1S/H2O4S.Tm/c1-5(2,3)4;/h(H2,1,2,3,4);/p-2. The average molecular weight is 265 g/mol. The summed E-state index contributed by atoms with van der Waals surface area (Å²) in [6.07, 6.45) is 0. The summed E-state index contributed by atoms with van der Waals surface area (Å²) in [6, 6.07) is 0. The van der Waals surface area contributed by atoms with Crippen molar-refractivity contribution in [3.05, 3.63) is 0 Å². The van der Waals surface area contributed by atoms with E-state index in [1.54, 1.807) is 0 Å². The van der Waals surface area contributed by atoms with Crippen LogP contribution in [0.15, 0.2) is 0 Å². The van der Waals surface area contributed by atoms with E-state index in [0.717, 1.165) is 0 Å². The number of hydrogen-bond donors (Lipinski definition) is 0. The van der Waals surface area contributed by atoms with Gasteiger partial charge in [-0.15, -0.1) is 0 Å². The van der Waals surface area contributed by atoms with E-state index in [4.69, 9.17) is 17.5 Å². The quantitative estimate of drug-likeness (QED) is 0.401. The van der Waals surface area contributed by atoms with Crippen molar-refractivity contribution in [2.24, 2.45) is 0 Å². The predicted octanol–water partition coefficient (Wildman–Crippen LogP) is -1.34. The monoisotopic (exact) mass is 265 g/mol. The summed E-state index contributed by atoms with van der Waals surface area (Å²) >= 11 is 0. The zero-order valence-electron chi connectivity index (χ0n) is 2.32. The van der Waals surface area contributed by atoms with Crippen LogP contribution in [0.1, 0.15) is 0 Å². The molecule has 0 amide bonds. The first-order valence-electron chi connectivity index (χ1n) is 0.667. The Morgan fingerprint density at radius 1 is 1.17 bits per heavy atom. The van der Waals surface area contributed by atoms with Gasteiger partial charge in [0.1, 0.15) is 0 Å². The van der Waals surface area contributed by atoms with Crippen LogP contribution >= 0.6 is 0 Å². The minimum Gasteiger partial charge on any atom is -0.759 e. The summed E-state index contributed by atoms with van der Waals surface area (Å²) in [5.41, 5.74) is 0. The average Bonchev–Trinajstić information content (AvgIpc) is 0.722. The molecular formula is O4STm-2. The van der Waals surface area contributed by atoms with Crippen molar-refractivity contribution < 1.29 is 54.4 Å². The summed E-state index contributed by atoms with van der Waals surface area (Å²) in [4.78, 5) is 0. The van der Waals surface area contributed by atoms with Crippen molar-refractivity contribution >= 4 is 10.4 Å². The Labute approximate surface area is 64.3 Å². The van der Waals surface area contributed by atoms with E-state index in [0.29, 0.717) is 0 Å². The van der Waals surface area contributed by atoms with Crippen molar-refractivity contribution in [1.29, 1.82) is 0 Å². The van der Waals surface area contributed by atoms with E-state index in [1.807, 2.05) is 0 Å². The largest absolute Gasteiger partial charge is 0.759 e. The minimum absolute atomic E-state index is 0. The van der Waals surface area contributed by atoms with E-state index < -0.39 is 10.4 Å². The third-order valence-electron chi connectivity index (χ3n) is 0. The maximum atomic E-state index is 8.52. The van der Waals surface area contributed by atoms with Gasteiger partial charge in [-0.3, -0.25) is 8.42 Å². The summed E-state index contributed by atoms with van der Waals surface area (Å²) in [6.45, 7) is 0. The Bertz CT molecular complexity index is 90.7. The molecule has 0 saturated carbocycles. The van der Waals surface area contributed by atoms with Gasteiger partial charge in [-0.2, -0.15) is 0 Å². The molecule has 6 heteroatoms. The molecule has 0 atom stereocenters. The molecule has 0 aliphatic rings. The molecule has 0 aromatic carbocycles. The van der Waals surface area contributed by atoms with Gasteiger partial charge in [-0.1, -0.05) is 0 Å². The second-order valence-electron chi connectivity index (χ2n) is 0.408. The Balaban J connectivity index is 0. The summed E-state index contributed by atoms with van der Waals surface area (Å²) in [7, 11) is -5.17. The van der Waals surface area contributed by atoms with E-state index in [9.17, 15) is 0 Å². The molecule has 0 rings (SSSR count). The third-order valence-corrected chi connectivity index (χ3v) is 0. The Hall–Kier alpha value is 1.10. The summed E-state index contributed by atoms with van der Waals surface area (Å²) < 4.78 is 34.1. The molecule has 0 N–H and O–H groups in total. The van der Waals surface area contributed by atoms with Gasteiger partial charge >= 0.3 is 0 Å². The Morgan fingerprint density at radius 2 is 1.17 bits per heavy atom. The van der Waals surface area contributed by atoms with E-state index in [-0.39, 0.29) is 36.9 Å². The molecule has 45 valence electrons. The summed E-state index contributed by atoms with van der Waals surface area (Å²) in [5, 5.41) is 0. The molecule has 0 aromatic rings. The zero-order chi connectivity index (χ0) is 4.50. The van der Waals surface area contributed by atoms with E-state index in [1.165, 1.54) is 0 Å². The van der Waals surface area contributed by atoms with Crippen molar-refractivity contribution in [2.75, 3.05) is 0 Å². The number of hydrogen-bond acceptors (Lipinski definition) is 4. The predicted molar refractivity (Wildman–Crippen MR) is 10.5 cm³/mol. The maximum Gasteiger partial charge on any atom is 0.0311 e. The molecule has 0 fully saturated rings. The molecule has 0 aliphatic heterocycles. The number of rotatable bonds is 0. The van der Waals surface area contributed by atoms with Gasteiger partial charge in [0.2, 0.25) is 0 Å². The fraction of sp³-hybridized carbons (Fsp3) is 0. The van der Waals surface area contributed by atoms with Crippen molar-refractivity contribution in [1.82, 2.24) is 0 Å². The second kappa shape index (κ2) is 3.15. The van der Waals surface area contributed by atoms with Crippen LogP contribution in [-0.2, 0) is 10.4 Å². The zero-order valence-corrected chi connectivity index (χ0v) is 4.91. The first-order valence-corrected chi connectivity index (χ1v) is 2.00. The van der Waals surface area contributed by atoms with E-state index >= 15 is 0 Å². The fourth-order valence-electron chi connectivity index (χ4n) is 0. The fourth-order valence-corrected chi connectivity index (χ4v) is 0. The van der Waals surface area contributed by atoms with Crippen LogP contribution < -0.4 is 0 Å². The molecule has 0 spiro atoms. The SMILES string of the molecule is O=S(=O)([O-])[O-].[Tm]. The van der Waals surface area contributed by atoms with Gasteiger partial charge in [0, 0.05) is 47.3 Å². The van der Waals surface area contributed by atoms with Crippen LogP contribution in [0.4, 0.5) is 0 Å². The molecular weight excluding hydrogens is 265 g/mol. The summed E-state index contributed by atoms with van der Waals surface area (Å²) in [5.74, 6) is 0. The van der Waals surface area contributed by atoms with Crippen molar-refractivity contribution in [2.45, 2.75) is 0 Å². The van der Waals surface area contributed by atoms with Gasteiger partial charge in [0.15, 0.2) is 0 Å². The van der Waals surface area contributed by atoms with Gasteiger partial charge in [-0.25, -0.2) is 0 Å². The molecule has 0 aromatic heterocycles. The molecule has 0 saturated heterocycles. The smallest absolute Gasteiger partial charge is 0.0311 e. The first kappa shape index (κ1) is 10.2. The Kier molecular flexibility index (Phi) is 5.34. The van der Waals surface area contributed by atoms with Crippen LogP contribution in [0.5, 0.6) is 0 Å². The van der Waals surface area contributed by atoms with Gasteiger partial charge < -0.3 is 9.11 Å². The molecule has 0 unspecified atom stereocenters. The maximum absolute atomic E-state index is 8.52. The molecule has 0 aliphatic carbocycles. The second-order valence-corrected chi connectivity index (χ2v) is 1.22. The molecule has 0 bridgehead atoms. The normalized spacial score (nSPS) is 9.67. The van der Waals surface area contributed by atoms with Gasteiger partial charge in [0.05, 0.1) is 0 Å². The van der Waals surface area contributed by atoms with E-state index in [2.05, 4.69) is 0 Å². The van der Waals surface area contributed by atoms with Gasteiger partial charge in [0.25, 0.3) is 0 Å². The first-order chi connectivity index (χ1) is 2.00. The van der Waals surface area contributed by atoms with Gasteiger partial charge in [-0.05, 0) is 0 Å². The van der Waals surface area contributed by atoms with Crippen LogP contribution in [0, 0.1) is 36.9 Å². The molecule has 6 heavy (non-hydrogen) atoms. The Morgan fingerprint density at radius 3 is 1.17 bits per heavy atom. The molecule has 1 radical (unpaired) electrons. The van der Waals surface area contributed by atoms with Crippen LogP contribution in [-0.4, -0.2) is 17.5 Å². The van der Waals surface area contributed by atoms with Crippen LogP contribution in [0.2, 0.25) is 0 Å². The third kappa shape index (κ3) is 70.6. The molecule has 0 heterocycles. The molecule has 4 nitrogen and oxygen atoms in total. The van der Waals surface area contributed by atoms with Crippen LogP contribution in [0.3, 0.4) is 0 Å². The van der Waals surface area contributed by atoms with Crippen LogP contribution in [0.25, 0.3) is 0 Å². The van der Waals surface area contributed by atoms with Crippen molar-refractivity contribution in [3.63, 3.8) is 0 Å². The van der Waals surface area contributed by atoms with Crippen molar-refractivity contribution in [3.8, 4) is 0 Å². The minimum atomic E-state index is -5.17.